The lowest BCUT2D eigenvalue weighted by atomic mass is 9.95. The van der Waals surface area contributed by atoms with Crippen LogP contribution in [-0.4, -0.2) is 94.1 Å². The molecule has 0 unspecified atom stereocenters. The number of pyridine rings is 1. The number of aromatic nitrogens is 1. The number of imide groups is 1. The van der Waals surface area contributed by atoms with Crippen LogP contribution in [0.25, 0.3) is 0 Å². The van der Waals surface area contributed by atoms with Crippen molar-refractivity contribution < 1.29 is 47.0 Å². The van der Waals surface area contributed by atoms with Crippen molar-refractivity contribution in [3.8, 4) is 0 Å². The number of rotatable bonds is 15. The van der Waals surface area contributed by atoms with Crippen molar-refractivity contribution in [3.63, 3.8) is 0 Å². The van der Waals surface area contributed by atoms with Gasteiger partial charge in [0.1, 0.15) is 6.04 Å². The van der Waals surface area contributed by atoms with Gasteiger partial charge in [0.25, 0.3) is 5.91 Å². The van der Waals surface area contributed by atoms with Gasteiger partial charge in [-0.25, -0.2) is 9.59 Å². The maximum Gasteiger partial charge on any atom is 0.491 e. The van der Waals surface area contributed by atoms with Crippen LogP contribution in [0.3, 0.4) is 0 Å². The topological polar surface area (TPSA) is 259 Å². The van der Waals surface area contributed by atoms with E-state index in [4.69, 9.17) is 22.9 Å². The monoisotopic (exact) mass is 618 g/mol. The van der Waals surface area contributed by atoms with Gasteiger partial charge in [-0.1, -0.05) is 26.3 Å². The van der Waals surface area contributed by atoms with Gasteiger partial charge in [-0.2, -0.15) is 13.2 Å². The van der Waals surface area contributed by atoms with Gasteiger partial charge in [0.2, 0.25) is 11.8 Å². The van der Waals surface area contributed by atoms with Crippen molar-refractivity contribution in [2.75, 3.05) is 13.2 Å². The lowest BCUT2D eigenvalue weighted by molar-refractivity contribution is -0.204. The Labute approximate surface area is 245 Å². The molecule has 0 aliphatic carbocycles. The molecule has 3 amide bonds. The quantitative estimate of drug-likeness (QED) is 0.0419. The van der Waals surface area contributed by atoms with Crippen LogP contribution in [0, 0.1) is 5.92 Å². The summed E-state index contributed by atoms with van der Waals surface area (Å²) < 4.78 is 42.1. The highest BCUT2D eigenvalue weighted by Crippen LogP contribution is 2.20. The average Bonchev–Trinajstić information content (AvgIpc) is 2.95. The molecule has 1 aromatic rings. The zero-order chi connectivity index (χ0) is 32.9. The van der Waals surface area contributed by atoms with E-state index in [1.54, 1.807) is 13.0 Å². The number of nitrogens with one attached hydrogen (secondary N) is 1. The fourth-order valence-electron chi connectivity index (χ4n) is 3.68. The molecular formula is C25H37F3N8O7. The first-order valence-electron chi connectivity index (χ1n) is 13.1. The zero-order valence-corrected chi connectivity index (χ0v) is 23.6. The van der Waals surface area contributed by atoms with Crippen LogP contribution in [0.2, 0.25) is 0 Å². The molecule has 10 N–H and O–H groups in total. The highest BCUT2D eigenvalue weighted by atomic mass is 19.4. The van der Waals surface area contributed by atoms with E-state index < -0.39 is 72.5 Å². The van der Waals surface area contributed by atoms with E-state index in [0.717, 1.165) is 0 Å². The maximum absolute atomic E-state index is 13.8. The number of esters is 2. The number of aliphatic hydroxyl groups is 1. The van der Waals surface area contributed by atoms with Crippen molar-refractivity contribution in [2.24, 2.45) is 33.8 Å². The first-order chi connectivity index (χ1) is 20.0. The maximum atomic E-state index is 13.8. The molecule has 1 rings (SSSR count). The van der Waals surface area contributed by atoms with Crippen LogP contribution in [0.5, 0.6) is 0 Å². The van der Waals surface area contributed by atoms with E-state index >= 15 is 0 Å². The Morgan fingerprint density at radius 2 is 1.79 bits per heavy atom. The summed E-state index contributed by atoms with van der Waals surface area (Å²) in [7, 11) is 0. The minimum atomic E-state index is -5.60. The molecule has 240 valence electrons. The van der Waals surface area contributed by atoms with Crippen molar-refractivity contribution in [2.45, 2.75) is 69.9 Å². The predicted octanol–water partition coefficient (Wildman–Crippen LogP) is -1.79. The Bertz CT molecular complexity index is 1150. The number of nitrogens with zero attached hydrogens (tertiary/aromatic N) is 3. The van der Waals surface area contributed by atoms with E-state index in [1.165, 1.54) is 25.4 Å². The number of hydrogen-bond acceptors (Lipinski definition) is 11. The van der Waals surface area contributed by atoms with E-state index in [-0.39, 0.29) is 43.1 Å². The van der Waals surface area contributed by atoms with E-state index in [0.29, 0.717) is 5.56 Å². The SMILES string of the molecule is CC[C@H](C)[C@H](NC(=O)[C@H](N)CCCN=C(N)N)C(=O)N(C(=O)[C@@H](N)Cc1cccnc1)[C@@H](CO)C(=O)OC(=O)C(F)(F)F. The third-order valence-electron chi connectivity index (χ3n) is 6.23. The lowest BCUT2D eigenvalue weighted by Crippen LogP contribution is -2.63. The van der Waals surface area contributed by atoms with Crippen molar-refractivity contribution in [3.05, 3.63) is 30.1 Å². The molecule has 43 heavy (non-hydrogen) atoms. The van der Waals surface area contributed by atoms with Crippen LogP contribution in [0.1, 0.15) is 38.7 Å². The first-order valence-corrected chi connectivity index (χ1v) is 13.1. The summed E-state index contributed by atoms with van der Waals surface area (Å²) in [5.41, 5.74) is 22.9. The number of carbonyl (C=O) groups excluding carboxylic acids is 5. The van der Waals surface area contributed by atoms with E-state index in [9.17, 15) is 42.3 Å². The Hall–Kier alpha value is -4.16. The smallest absolute Gasteiger partial charge is 0.394 e. The highest BCUT2D eigenvalue weighted by molar-refractivity contribution is 6.05. The zero-order valence-electron chi connectivity index (χ0n) is 23.6. The summed E-state index contributed by atoms with van der Waals surface area (Å²) >= 11 is 0. The standard InChI is InChI=1S/C25H37F3N8O7/c1-3-13(2)18(35-19(38)15(29)7-5-9-34-24(31)32)21(40)36(17(12-37)22(41)43-23(42)25(26,27)28)20(39)16(30)10-14-6-4-8-33-11-14/h4,6,8,11,13,15-18,37H,3,5,7,9-10,12,29-30H2,1-2H3,(H,35,38)(H4,31,32,34)/t13-,15+,16-,17-,18-/m0/s1. The molecule has 0 saturated carbocycles. The molecule has 0 aliphatic rings. The summed E-state index contributed by atoms with van der Waals surface area (Å²) in [5, 5.41) is 12.3. The molecule has 15 nitrogen and oxygen atoms in total. The number of aliphatic imine (C=N–C) groups is 1. The molecule has 1 aromatic heterocycles. The summed E-state index contributed by atoms with van der Waals surface area (Å²) in [6.07, 6.45) is -2.46. The summed E-state index contributed by atoms with van der Waals surface area (Å²) in [4.78, 5) is 71.9. The number of hydrogen-bond donors (Lipinski definition) is 6. The Kier molecular flexibility index (Phi) is 14.6. The number of carbonyl (C=O) groups is 5. The fourth-order valence-corrected chi connectivity index (χ4v) is 3.68. The molecule has 0 spiro atoms. The van der Waals surface area contributed by atoms with Crippen molar-refractivity contribution in [1.29, 1.82) is 0 Å². The molecule has 0 fully saturated rings. The Morgan fingerprint density at radius 3 is 2.30 bits per heavy atom. The molecule has 0 bridgehead atoms. The summed E-state index contributed by atoms with van der Waals surface area (Å²) in [5.74, 6) is -9.35. The van der Waals surface area contributed by atoms with Gasteiger partial charge < -0.3 is 38.1 Å². The third-order valence-corrected chi connectivity index (χ3v) is 6.23. The molecule has 0 saturated heterocycles. The molecule has 0 aliphatic heterocycles. The van der Waals surface area contributed by atoms with Gasteiger partial charge in [-0.15, -0.1) is 0 Å². The van der Waals surface area contributed by atoms with Gasteiger partial charge in [-0.3, -0.25) is 29.3 Å². The lowest BCUT2D eigenvalue weighted by Gasteiger charge is -2.34. The number of aliphatic hydroxyl groups excluding tert-OH is 1. The highest BCUT2D eigenvalue weighted by Gasteiger charge is 2.47. The normalized spacial score (nSPS) is 14.8. The van der Waals surface area contributed by atoms with Crippen LogP contribution in [0.15, 0.2) is 29.5 Å². The minimum Gasteiger partial charge on any atom is -0.394 e. The first kappa shape index (κ1) is 36.9. The van der Waals surface area contributed by atoms with Crippen molar-refractivity contribution in [1.82, 2.24) is 15.2 Å². The largest absolute Gasteiger partial charge is 0.491 e. The molecule has 1 heterocycles. The number of amides is 3. The third kappa shape index (κ3) is 11.6. The molecule has 5 atom stereocenters. The van der Waals surface area contributed by atoms with Gasteiger partial charge in [-0.05, 0) is 36.8 Å². The molecule has 0 aromatic carbocycles. The second kappa shape index (κ2) is 17.1. The van der Waals surface area contributed by atoms with Gasteiger partial charge in [0, 0.05) is 18.9 Å². The molecule has 0 radical (unpaired) electrons. The number of ether oxygens (including phenoxy) is 1. The van der Waals surface area contributed by atoms with Gasteiger partial charge in [0.05, 0.1) is 18.7 Å². The fraction of sp³-hybridized carbons (Fsp3) is 0.560. The van der Waals surface area contributed by atoms with Crippen LogP contribution in [-0.2, 0) is 35.1 Å². The van der Waals surface area contributed by atoms with E-state index in [2.05, 4.69) is 20.0 Å². The predicted molar refractivity (Wildman–Crippen MR) is 145 cm³/mol. The summed E-state index contributed by atoms with van der Waals surface area (Å²) in [6.45, 7) is 1.86. The van der Waals surface area contributed by atoms with Gasteiger partial charge in [0.15, 0.2) is 12.0 Å². The second-order valence-corrected chi connectivity index (χ2v) is 9.55. The Balaban J connectivity index is 3.42. The van der Waals surface area contributed by atoms with Crippen LogP contribution in [0.4, 0.5) is 13.2 Å². The molecule has 18 heteroatoms. The number of halogens is 3. The van der Waals surface area contributed by atoms with Gasteiger partial charge >= 0.3 is 18.1 Å². The number of guanidine groups is 1. The Morgan fingerprint density at radius 1 is 1.14 bits per heavy atom. The van der Waals surface area contributed by atoms with Crippen LogP contribution < -0.4 is 28.3 Å². The average molecular weight is 619 g/mol. The van der Waals surface area contributed by atoms with Crippen molar-refractivity contribution >= 4 is 35.6 Å². The summed E-state index contributed by atoms with van der Waals surface area (Å²) in [6, 6.07) is -3.68. The van der Waals surface area contributed by atoms with E-state index in [1.807, 2.05) is 0 Å². The number of nitrogens with two attached hydrogens (primary N) is 4. The minimum absolute atomic E-state index is 0.0772. The number of alkyl halides is 3. The second-order valence-electron chi connectivity index (χ2n) is 9.55. The molecular weight excluding hydrogens is 581 g/mol. The van der Waals surface area contributed by atoms with Crippen LogP contribution >= 0.6 is 0 Å².